The summed E-state index contributed by atoms with van der Waals surface area (Å²) in [6.07, 6.45) is 3.38. The van der Waals surface area contributed by atoms with E-state index >= 15 is 0 Å². The zero-order valence-corrected chi connectivity index (χ0v) is 12.3. The molecule has 2 amide bonds. The molecule has 1 aliphatic carbocycles. The normalized spacial score (nSPS) is 29.7. The van der Waals surface area contributed by atoms with Gasteiger partial charge in [-0.2, -0.15) is 0 Å². The topological polar surface area (TPSA) is 70.7 Å². The number of morpholine rings is 1. The first-order valence-corrected chi connectivity index (χ1v) is 7.19. The van der Waals surface area contributed by atoms with Crippen LogP contribution in [-0.4, -0.2) is 61.1 Å². The third kappa shape index (κ3) is 3.42. The van der Waals surface area contributed by atoms with Gasteiger partial charge < -0.3 is 20.3 Å². The minimum absolute atomic E-state index is 0. The van der Waals surface area contributed by atoms with Crippen molar-refractivity contribution in [1.29, 1.82) is 0 Å². The van der Waals surface area contributed by atoms with Gasteiger partial charge in [-0.05, 0) is 25.7 Å². The van der Waals surface area contributed by atoms with Crippen molar-refractivity contribution in [2.24, 2.45) is 0 Å². The van der Waals surface area contributed by atoms with Crippen molar-refractivity contribution in [3.63, 3.8) is 0 Å². The molecule has 1 saturated carbocycles. The molecular formula is C13H22ClN3O3. The Hall–Kier alpha value is -0.850. The van der Waals surface area contributed by atoms with E-state index in [4.69, 9.17) is 4.74 Å². The Balaban J connectivity index is 0.00000147. The van der Waals surface area contributed by atoms with Gasteiger partial charge in [0.05, 0.1) is 6.61 Å². The van der Waals surface area contributed by atoms with Gasteiger partial charge in [0.15, 0.2) is 0 Å². The van der Waals surface area contributed by atoms with Crippen molar-refractivity contribution in [1.82, 2.24) is 15.5 Å². The van der Waals surface area contributed by atoms with E-state index in [1.54, 1.807) is 4.90 Å². The lowest BCUT2D eigenvalue weighted by atomic mass is 10.2. The van der Waals surface area contributed by atoms with Crippen LogP contribution in [0.25, 0.3) is 0 Å². The Bertz CT molecular complexity index is 370. The van der Waals surface area contributed by atoms with E-state index < -0.39 is 6.10 Å². The van der Waals surface area contributed by atoms with Gasteiger partial charge in [0.1, 0.15) is 12.1 Å². The Morgan fingerprint density at radius 3 is 2.70 bits per heavy atom. The van der Waals surface area contributed by atoms with E-state index in [0.29, 0.717) is 25.7 Å². The average molecular weight is 304 g/mol. The van der Waals surface area contributed by atoms with Crippen LogP contribution in [0.15, 0.2) is 0 Å². The molecule has 6 nitrogen and oxygen atoms in total. The number of halogens is 1. The molecule has 2 saturated heterocycles. The number of carbonyl (C=O) groups is 2. The summed E-state index contributed by atoms with van der Waals surface area (Å²) in [5.74, 6) is -0.0298. The summed E-state index contributed by atoms with van der Waals surface area (Å²) in [7, 11) is 0. The molecule has 2 atom stereocenters. The molecule has 3 rings (SSSR count). The number of carbonyl (C=O) groups excluding carboxylic acids is 2. The van der Waals surface area contributed by atoms with Gasteiger partial charge >= 0.3 is 0 Å². The summed E-state index contributed by atoms with van der Waals surface area (Å²) < 4.78 is 5.49. The first kappa shape index (κ1) is 15.5. The Morgan fingerprint density at radius 1 is 1.25 bits per heavy atom. The molecule has 0 aromatic heterocycles. The van der Waals surface area contributed by atoms with Gasteiger partial charge in [-0.1, -0.05) is 0 Å². The molecule has 3 aliphatic rings. The molecule has 7 heteroatoms. The van der Waals surface area contributed by atoms with E-state index in [2.05, 4.69) is 10.6 Å². The van der Waals surface area contributed by atoms with Crippen LogP contribution in [0.1, 0.15) is 25.7 Å². The van der Waals surface area contributed by atoms with Crippen molar-refractivity contribution < 1.29 is 14.3 Å². The van der Waals surface area contributed by atoms with Gasteiger partial charge in [-0.15, -0.1) is 12.4 Å². The Morgan fingerprint density at radius 2 is 2.05 bits per heavy atom. The smallest absolute Gasteiger partial charge is 0.253 e. The number of amides is 2. The van der Waals surface area contributed by atoms with Crippen LogP contribution in [-0.2, 0) is 14.3 Å². The summed E-state index contributed by atoms with van der Waals surface area (Å²) in [4.78, 5) is 26.2. The van der Waals surface area contributed by atoms with Crippen LogP contribution in [0.5, 0.6) is 0 Å². The average Bonchev–Trinajstić information content (AvgIpc) is 3.11. The number of rotatable bonds is 3. The van der Waals surface area contributed by atoms with Crippen LogP contribution >= 0.6 is 12.4 Å². The van der Waals surface area contributed by atoms with E-state index in [9.17, 15) is 9.59 Å². The van der Waals surface area contributed by atoms with Gasteiger partial charge in [-0.25, -0.2) is 0 Å². The fraction of sp³-hybridized carbons (Fsp3) is 0.846. The maximum Gasteiger partial charge on any atom is 0.253 e. The van der Waals surface area contributed by atoms with Crippen molar-refractivity contribution in [3.05, 3.63) is 0 Å². The molecule has 0 aromatic carbocycles. The van der Waals surface area contributed by atoms with Crippen LogP contribution in [0.2, 0.25) is 0 Å². The quantitative estimate of drug-likeness (QED) is 0.749. The van der Waals surface area contributed by atoms with Crippen LogP contribution in [0, 0.1) is 0 Å². The lowest BCUT2D eigenvalue weighted by Gasteiger charge is -2.30. The second kappa shape index (κ2) is 6.74. The fourth-order valence-electron chi connectivity index (χ4n) is 2.74. The number of hydrogen-bond donors (Lipinski definition) is 2. The first-order valence-electron chi connectivity index (χ1n) is 7.19. The zero-order chi connectivity index (χ0) is 13.2. The summed E-state index contributed by atoms with van der Waals surface area (Å²) in [5, 5.41) is 6.15. The molecule has 3 fully saturated rings. The number of nitrogens with zero attached hydrogens (tertiary/aromatic N) is 1. The van der Waals surface area contributed by atoms with E-state index in [1.165, 1.54) is 0 Å². The van der Waals surface area contributed by atoms with Crippen LogP contribution in [0.4, 0.5) is 0 Å². The molecule has 0 aromatic rings. The van der Waals surface area contributed by atoms with Gasteiger partial charge in [0, 0.05) is 25.7 Å². The third-order valence-corrected chi connectivity index (χ3v) is 3.97. The highest BCUT2D eigenvalue weighted by Gasteiger charge is 2.39. The van der Waals surface area contributed by atoms with Gasteiger partial charge in [0.2, 0.25) is 5.91 Å². The minimum Gasteiger partial charge on any atom is -0.366 e. The highest BCUT2D eigenvalue weighted by atomic mass is 35.5. The molecule has 0 bridgehead atoms. The SMILES string of the molecule is Cl.O=C(NC1CC1)C1CCCN1C(=O)C1CNCCO1. The standard InChI is InChI=1S/C13H21N3O3.ClH/c17-12(15-9-3-4-9)10-2-1-6-16(10)13(18)11-8-14-5-7-19-11;/h9-11,14H,1-8H2,(H,15,17);1H. The predicted molar refractivity (Wildman–Crippen MR) is 75.8 cm³/mol. The van der Waals surface area contributed by atoms with Crippen LogP contribution in [0.3, 0.4) is 0 Å². The maximum atomic E-state index is 12.4. The van der Waals surface area contributed by atoms with Crippen molar-refractivity contribution in [2.45, 2.75) is 43.9 Å². The Labute approximate surface area is 125 Å². The fourth-order valence-corrected chi connectivity index (χ4v) is 2.74. The monoisotopic (exact) mass is 303 g/mol. The predicted octanol–water partition coefficient (Wildman–Crippen LogP) is -0.334. The van der Waals surface area contributed by atoms with Crippen molar-refractivity contribution >= 4 is 24.2 Å². The summed E-state index contributed by atoms with van der Waals surface area (Å²) in [6.45, 7) is 2.56. The summed E-state index contributed by atoms with van der Waals surface area (Å²) >= 11 is 0. The molecule has 20 heavy (non-hydrogen) atoms. The molecule has 114 valence electrons. The molecule has 2 heterocycles. The maximum absolute atomic E-state index is 12.4. The molecule has 0 radical (unpaired) electrons. The largest absolute Gasteiger partial charge is 0.366 e. The third-order valence-electron chi connectivity index (χ3n) is 3.97. The number of ether oxygens (including phenoxy) is 1. The Kier molecular flexibility index (Phi) is 5.23. The van der Waals surface area contributed by atoms with E-state index in [-0.39, 0.29) is 30.3 Å². The second-order valence-corrected chi connectivity index (χ2v) is 5.54. The summed E-state index contributed by atoms with van der Waals surface area (Å²) in [5.41, 5.74) is 0. The molecule has 0 spiro atoms. The minimum atomic E-state index is -0.428. The molecule has 2 unspecified atom stereocenters. The number of nitrogens with one attached hydrogen (secondary N) is 2. The molecule has 2 N–H and O–H groups in total. The number of likely N-dealkylation sites (tertiary alicyclic amines) is 1. The van der Waals surface area contributed by atoms with Crippen LogP contribution < -0.4 is 10.6 Å². The van der Waals surface area contributed by atoms with Crippen molar-refractivity contribution in [3.8, 4) is 0 Å². The highest BCUT2D eigenvalue weighted by molar-refractivity contribution is 5.90. The first-order chi connectivity index (χ1) is 9.25. The lowest BCUT2D eigenvalue weighted by molar-refractivity contribution is -0.149. The second-order valence-electron chi connectivity index (χ2n) is 5.54. The zero-order valence-electron chi connectivity index (χ0n) is 11.5. The van der Waals surface area contributed by atoms with Gasteiger partial charge in [0.25, 0.3) is 5.91 Å². The lowest BCUT2D eigenvalue weighted by Crippen LogP contribution is -2.53. The van der Waals surface area contributed by atoms with E-state index in [0.717, 1.165) is 32.2 Å². The molecule has 2 aliphatic heterocycles. The van der Waals surface area contributed by atoms with E-state index in [1.807, 2.05) is 0 Å². The van der Waals surface area contributed by atoms with Gasteiger partial charge in [-0.3, -0.25) is 9.59 Å². The number of hydrogen-bond acceptors (Lipinski definition) is 4. The summed E-state index contributed by atoms with van der Waals surface area (Å²) in [6, 6.07) is 0.0521. The van der Waals surface area contributed by atoms with Crippen molar-refractivity contribution in [2.75, 3.05) is 26.2 Å². The molecular weight excluding hydrogens is 282 g/mol. The highest BCUT2D eigenvalue weighted by Crippen LogP contribution is 2.23.